The highest BCUT2D eigenvalue weighted by atomic mass is 35.5. The number of pyridine rings is 1. The molecule has 0 radical (unpaired) electrons. The van der Waals surface area contributed by atoms with Crippen LogP contribution in [0.1, 0.15) is 30.9 Å². The summed E-state index contributed by atoms with van der Waals surface area (Å²) in [5, 5.41) is 11.4. The number of aromatic nitrogens is 1. The summed E-state index contributed by atoms with van der Waals surface area (Å²) in [6.45, 7) is 10.1. The number of phenolic OH excluding ortho intramolecular Hbond substituents is 1. The van der Waals surface area contributed by atoms with E-state index in [4.69, 9.17) is 0 Å². The van der Waals surface area contributed by atoms with Crippen LogP contribution in [0.4, 0.5) is 5.69 Å². The number of hydrogen-bond acceptors (Lipinski definition) is 5. The Balaban J connectivity index is 0.00000171. The molecule has 5 nitrogen and oxygen atoms in total. The molecule has 1 aromatic heterocycles. The predicted molar refractivity (Wildman–Crippen MR) is 165 cm³/mol. The van der Waals surface area contributed by atoms with Crippen LogP contribution >= 0.6 is 49.6 Å². The lowest BCUT2D eigenvalue weighted by molar-refractivity contribution is 0.145. The number of halogens is 4. The molecule has 1 atom stereocenters. The van der Waals surface area contributed by atoms with Crippen LogP contribution < -0.4 is 4.90 Å². The molecule has 9 heteroatoms. The Kier molecular flexibility index (Phi) is 14.4. The topological polar surface area (TPSA) is 42.8 Å². The van der Waals surface area contributed by atoms with Gasteiger partial charge in [-0.1, -0.05) is 37.3 Å². The lowest BCUT2D eigenvalue weighted by Crippen LogP contribution is -2.50. The van der Waals surface area contributed by atoms with Gasteiger partial charge in [0.25, 0.3) is 0 Å². The van der Waals surface area contributed by atoms with Gasteiger partial charge in [-0.2, -0.15) is 0 Å². The molecule has 0 spiro atoms. The molecule has 37 heavy (non-hydrogen) atoms. The van der Waals surface area contributed by atoms with E-state index in [1.54, 1.807) is 0 Å². The lowest BCUT2D eigenvalue weighted by Gasteiger charge is -2.39. The Morgan fingerprint density at radius 1 is 0.919 bits per heavy atom. The number of aromatic hydroxyl groups is 1. The maximum absolute atomic E-state index is 10.2. The number of hydrogen-bond donors (Lipinski definition) is 1. The van der Waals surface area contributed by atoms with Crippen molar-refractivity contribution in [2.24, 2.45) is 0 Å². The van der Waals surface area contributed by atoms with Crippen molar-refractivity contribution in [3.63, 3.8) is 0 Å². The summed E-state index contributed by atoms with van der Waals surface area (Å²) in [6, 6.07) is 17.2. The van der Waals surface area contributed by atoms with Crippen molar-refractivity contribution in [3.05, 3.63) is 65.9 Å². The van der Waals surface area contributed by atoms with E-state index in [0.29, 0.717) is 11.8 Å². The van der Waals surface area contributed by atoms with E-state index in [1.165, 1.54) is 28.6 Å². The summed E-state index contributed by atoms with van der Waals surface area (Å²) in [4.78, 5) is 12.4. The molecule has 1 aliphatic heterocycles. The van der Waals surface area contributed by atoms with Gasteiger partial charge in [0.2, 0.25) is 0 Å². The second-order valence-electron chi connectivity index (χ2n) is 9.52. The summed E-state index contributed by atoms with van der Waals surface area (Å²) in [5.74, 6) is 0.479. The number of rotatable bonds is 7. The molecule has 1 fully saturated rings. The predicted octanol–water partition coefficient (Wildman–Crippen LogP) is 6.02. The fraction of sp³-hybridized carbons (Fsp3) is 0.464. The van der Waals surface area contributed by atoms with E-state index in [9.17, 15) is 5.11 Å². The van der Waals surface area contributed by atoms with Crippen LogP contribution in [0.25, 0.3) is 10.9 Å². The molecule has 1 saturated heterocycles. The molecule has 5 rings (SSSR count). The van der Waals surface area contributed by atoms with E-state index in [1.807, 2.05) is 18.3 Å². The fourth-order valence-electron chi connectivity index (χ4n) is 5.68. The summed E-state index contributed by atoms with van der Waals surface area (Å²) in [6.07, 6.45) is 6.33. The molecular formula is C28H40Cl4N4O. The molecule has 1 N–H and O–H groups in total. The van der Waals surface area contributed by atoms with E-state index in [-0.39, 0.29) is 49.6 Å². The first-order valence-corrected chi connectivity index (χ1v) is 12.6. The van der Waals surface area contributed by atoms with Crippen LogP contribution in [0, 0.1) is 0 Å². The summed E-state index contributed by atoms with van der Waals surface area (Å²) in [5.41, 5.74) is 4.91. The zero-order valence-corrected chi connectivity index (χ0v) is 24.7. The largest absolute Gasteiger partial charge is 0.508 e. The van der Waals surface area contributed by atoms with Gasteiger partial charge in [-0.25, -0.2) is 0 Å². The molecule has 0 bridgehead atoms. The summed E-state index contributed by atoms with van der Waals surface area (Å²) in [7, 11) is 0. The molecule has 0 saturated carbocycles. The standard InChI is InChI=1S/C28H36N4O.4ClH/c1-2-14-31(23-10-11-24-22(21-23)6-5-9-28(24)33)18-15-30-16-19-32(20-17-30)27-12-13-29-26-8-4-3-7-25(26)27;;;;/h3-9,12-13,23,33H,2,10-11,14-21H2,1H3;4*1H/t23-;;;;/m0..../s1. The number of para-hydroxylation sites is 1. The highest BCUT2D eigenvalue weighted by molar-refractivity contribution is 5.91. The minimum atomic E-state index is 0. The molecule has 1 aliphatic carbocycles. The molecule has 3 aromatic rings. The van der Waals surface area contributed by atoms with Crippen LogP contribution in [0.15, 0.2) is 54.7 Å². The Morgan fingerprint density at radius 3 is 2.43 bits per heavy atom. The average molecular weight is 590 g/mol. The van der Waals surface area contributed by atoms with E-state index in [2.05, 4.69) is 63.0 Å². The number of piperazine rings is 1. The van der Waals surface area contributed by atoms with Crippen molar-refractivity contribution in [2.75, 3.05) is 50.7 Å². The summed E-state index contributed by atoms with van der Waals surface area (Å²) >= 11 is 0. The van der Waals surface area contributed by atoms with Gasteiger partial charge in [-0.3, -0.25) is 14.8 Å². The minimum absolute atomic E-state index is 0. The monoisotopic (exact) mass is 588 g/mol. The number of nitrogens with zero attached hydrogens (tertiary/aromatic N) is 4. The van der Waals surface area contributed by atoms with Gasteiger partial charge < -0.3 is 10.0 Å². The van der Waals surface area contributed by atoms with E-state index < -0.39 is 0 Å². The highest BCUT2D eigenvalue weighted by Crippen LogP contribution is 2.31. The quantitative estimate of drug-likeness (QED) is 0.365. The van der Waals surface area contributed by atoms with Crippen molar-refractivity contribution in [3.8, 4) is 5.75 Å². The van der Waals surface area contributed by atoms with Gasteiger partial charge in [-0.15, -0.1) is 49.6 Å². The fourth-order valence-corrected chi connectivity index (χ4v) is 5.68. The van der Waals surface area contributed by atoms with Crippen LogP contribution in [-0.4, -0.2) is 71.7 Å². The first-order valence-electron chi connectivity index (χ1n) is 12.6. The van der Waals surface area contributed by atoms with Gasteiger partial charge >= 0.3 is 0 Å². The molecule has 0 amide bonds. The highest BCUT2D eigenvalue weighted by Gasteiger charge is 2.26. The van der Waals surface area contributed by atoms with Crippen molar-refractivity contribution in [2.45, 2.75) is 38.6 Å². The third-order valence-corrected chi connectivity index (χ3v) is 7.50. The smallest absolute Gasteiger partial charge is 0.119 e. The Labute approximate surface area is 246 Å². The number of fused-ring (bicyclic) bond motifs is 2. The number of anilines is 1. The van der Waals surface area contributed by atoms with Crippen molar-refractivity contribution in [1.29, 1.82) is 0 Å². The van der Waals surface area contributed by atoms with Gasteiger partial charge in [0.1, 0.15) is 5.75 Å². The Morgan fingerprint density at radius 2 is 1.68 bits per heavy atom. The van der Waals surface area contributed by atoms with E-state index >= 15 is 0 Å². The molecule has 0 unspecified atom stereocenters. The van der Waals surface area contributed by atoms with Gasteiger partial charge in [-0.05, 0) is 61.6 Å². The number of phenols is 1. The normalized spacial score (nSPS) is 17.1. The third-order valence-electron chi connectivity index (χ3n) is 7.50. The lowest BCUT2D eigenvalue weighted by atomic mass is 9.87. The molecule has 206 valence electrons. The molecule has 2 aromatic carbocycles. The van der Waals surface area contributed by atoms with Crippen LogP contribution in [0.2, 0.25) is 0 Å². The number of benzene rings is 2. The molecule has 2 heterocycles. The van der Waals surface area contributed by atoms with Crippen LogP contribution in [0.3, 0.4) is 0 Å². The van der Waals surface area contributed by atoms with Gasteiger partial charge in [0.05, 0.1) is 5.52 Å². The Hall–Kier alpha value is -1.47. The maximum atomic E-state index is 10.2. The zero-order chi connectivity index (χ0) is 22.6. The second kappa shape index (κ2) is 15.8. The Bertz CT molecular complexity index is 1090. The minimum Gasteiger partial charge on any atom is -0.508 e. The molecule has 2 aliphatic rings. The van der Waals surface area contributed by atoms with Gasteiger partial charge in [0, 0.05) is 62.6 Å². The van der Waals surface area contributed by atoms with E-state index in [0.717, 1.165) is 70.6 Å². The van der Waals surface area contributed by atoms with Crippen molar-refractivity contribution >= 4 is 66.2 Å². The third kappa shape index (κ3) is 7.78. The molecular weight excluding hydrogens is 550 g/mol. The first kappa shape index (κ1) is 33.6. The van der Waals surface area contributed by atoms with Crippen molar-refractivity contribution < 1.29 is 5.11 Å². The SMILES string of the molecule is CCCN(CCN1CCN(c2ccnc3ccccc23)CC1)[C@H]1CCc2c(O)cccc2C1.Cl.Cl.Cl.Cl. The van der Waals surface area contributed by atoms with Crippen molar-refractivity contribution in [1.82, 2.24) is 14.8 Å². The average Bonchev–Trinajstić information content (AvgIpc) is 2.86. The maximum Gasteiger partial charge on any atom is 0.119 e. The first-order chi connectivity index (χ1) is 16.2. The van der Waals surface area contributed by atoms with Crippen LogP contribution in [0.5, 0.6) is 5.75 Å². The summed E-state index contributed by atoms with van der Waals surface area (Å²) < 4.78 is 0. The van der Waals surface area contributed by atoms with Gasteiger partial charge in [0.15, 0.2) is 0 Å². The zero-order valence-electron chi connectivity index (χ0n) is 21.4. The second-order valence-corrected chi connectivity index (χ2v) is 9.52. The van der Waals surface area contributed by atoms with Crippen LogP contribution in [-0.2, 0) is 12.8 Å².